The van der Waals surface area contributed by atoms with Crippen molar-refractivity contribution in [2.75, 3.05) is 44.9 Å². The van der Waals surface area contributed by atoms with E-state index in [4.69, 9.17) is 9.47 Å². The molecule has 0 aliphatic carbocycles. The Bertz CT molecular complexity index is 991. The van der Waals surface area contributed by atoms with Gasteiger partial charge in [0.2, 0.25) is 0 Å². The van der Waals surface area contributed by atoms with Gasteiger partial charge in [-0.3, -0.25) is 4.79 Å². The number of nitrogens with one attached hydrogen (secondary N) is 2. The minimum atomic E-state index is -0.627. The van der Waals surface area contributed by atoms with Gasteiger partial charge in [0.15, 0.2) is 5.65 Å². The number of alkyl halides is 1. The van der Waals surface area contributed by atoms with Crippen LogP contribution in [0, 0.1) is 0 Å². The van der Waals surface area contributed by atoms with E-state index in [1.807, 2.05) is 12.3 Å². The number of hydrogen-bond acceptors (Lipinski definition) is 6. The van der Waals surface area contributed by atoms with Crippen molar-refractivity contribution in [2.24, 2.45) is 0 Å². The van der Waals surface area contributed by atoms with E-state index in [0.717, 1.165) is 16.9 Å². The summed E-state index contributed by atoms with van der Waals surface area (Å²) in [6.07, 6.45) is 3.56. The highest BCUT2D eigenvalue weighted by Crippen LogP contribution is 2.30. The smallest absolute Gasteiger partial charge is 0.255 e. The number of nitrogens with zero attached hydrogens (tertiary/aromatic N) is 3. The second-order valence-corrected chi connectivity index (χ2v) is 6.18. The first-order valence-corrected chi connectivity index (χ1v) is 9.03. The lowest BCUT2D eigenvalue weighted by atomic mass is 10.0. The molecule has 2 aromatic heterocycles. The lowest BCUT2D eigenvalue weighted by Gasteiger charge is -2.14. The molecule has 9 heteroatoms. The standard InChI is InChI=1S/C19H20FN5O3/c20-4-5-22-19(26)14-2-1-13-11-16(14)28-10-9-27-8-6-21-17-3-7-25-18(24-17)15(13)12-23-25/h1-3,7,11-12H,4-6,8-10H2,(H,21,24)(H,22,26). The molecule has 4 bridgehead atoms. The molecule has 0 radical (unpaired) electrons. The largest absolute Gasteiger partial charge is 0.490 e. The molecule has 3 aromatic rings. The number of hydrogen-bond donors (Lipinski definition) is 2. The van der Waals surface area contributed by atoms with Gasteiger partial charge in [0.25, 0.3) is 5.91 Å². The normalized spacial score (nSPS) is 14.2. The molecular formula is C19H20FN5O3. The highest BCUT2D eigenvalue weighted by Gasteiger charge is 2.17. The monoisotopic (exact) mass is 385 g/mol. The van der Waals surface area contributed by atoms with Crippen molar-refractivity contribution < 1.29 is 18.7 Å². The third kappa shape index (κ3) is 3.74. The molecule has 0 spiro atoms. The maximum absolute atomic E-state index is 12.4. The van der Waals surface area contributed by atoms with Crippen LogP contribution in [0.25, 0.3) is 16.8 Å². The predicted molar refractivity (Wildman–Crippen MR) is 102 cm³/mol. The molecule has 2 N–H and O–H groups in total. The Hall–Kier alpha value is -3.20. The van der Waals surface area contributed by atoms with Crippen LogP contribution in [-0.2, 0) is 4.74 Å². The number of benzene rings is 1. The van der Waals surface area contributed by atoms with Crippen LogP contribution in [0.15, 0.2) is 36.7 Å². The maximum Gasteiger partial charge on any atom is 0.255 e. The van der Waals surface area contributed by atoms with Crippen molar-refractivity contribution in [1.82, 2.24) is 19.9 Å². The number of rotatable bonds is 3. The first-order valence-electron chi connectivity index (χ1n) is 9.03. The Morgan fingerprint density at radius 2 is 2.21 bits per heavy atom. The molecule has 1 aliphatic heterocycles. The summed E-state index contributed by atoms with van der Waals surface area (Å²) in [7, 11) is 0. The molecule has 1 aliphatic rings. The molecule has 0 saturated heterocycles. The molecular weight excluding hydrogens is 365 g/mol. The number of amides is 1. The molecule has 28 heavy (non-hydrogen) atoms. The van der Waals surface area contributed by atoms with Crippen LogP contribution in [0.3, 0.4) is 0 Å². The molecule has 146 valence electrons. The topological polar surface area (TPSA) is 89.8 Å². The van der Waals surface area contributed by atoms with E-state index in [0.29, 0.717) is 43.3 Å². The van der Waals surface area contributed by atoms with Crippen LogP contribution in [0.5, 0.6) is 5.75 Å². The predicted octanol–water partition coefficient (Wildman–Crippen LogP) is 1.92. The van der Waals surface area contributed by atoms with Crippen molar-refractivity contribution in [3.8, 4) is 16.9 Å². The van der Waals surface area contributed by atoms with E-state index >= 15 is 0 Å². The van der Waals surface area contributed by atoms with Crippen LogP contribution >= 0.6 is 0 Å². The van der Waals surface area contributed by atoms with Crippen LogP contribution in [-0.4, -0.2) is 60.1 Å². The van der Waals surface area contributed by atoms with Crippen molar-refractivity contribution >= 4 is 17.4 Å². The Morgan fingerprint density at radius 1 is 1.29 bits per heavy atom. The SMILES string of the molecule is O=C(NCCF)c1ccc2cc1OCCOCCNc1ccn3ncc-2c3n1. The molecule has 0 atom stereocenters. The van der Waals surface area contributed by atoms with Gasteiger partial charge in [0.05, 0.1) is 25.0 Å². The number of ether oxygens (including phenoxy) is 2. The van der Waals surface area contributed by atoms with E-state index in [1.165, 1.54) is 0 Å². The summed E-state index contributed by atoms with van der Waals surface area (Å²) < 4.78 is 25.4. The first kappa shape index (κ1) is 18.2. The summed E-state index contributed by atoms with van der Waals surface area (Å²) in [4.78, 5) is 17.0. The number of carbonyl (C=O) groups is 1. The van der Waals surface area contributed by atoms with Gasteiger partial charge in [-0.25, -0.2) is 13.9 Å². The fourth-order valence-electron chi connectivity index (χ4n) is 2.99. The third-order valence-electron chi connectivity index (χ3n) is 4.32. The molecule has 0 saturated carbocycles. The summed E-state index contributed by atoms with van der Waals surface area (Å²) >= 11 is 0. The Morgan fingerprint density at radius 3 is 3.11 bits per heavy atom. The highest BCUT2D eigenvalue weighted by atomic mass is 19.1. The van der Waals surface area contributed by atoms with Crippen LogP contribution in [0.4, 0.5) is 10.2 Å². The second kappa shape index (κ2) is 8.22. The average molecular weight is 385 g/mol. The van der Waals surface area contributed by atoms with Gasteiger partial charge in [0.1, 0.15) is 24.8 Å². The number of fused-ring (bicyclic) bond motifs is 4. The van der Waals surface area contributed by atoms with Crippen molar-refractivity contribution in [3.05, 3.63) is 42.2 Å². The fraction of sp³-hybridized carbons (Fsp3) is 0.316. The van der Waals surface area contributed by atoms with Gasteiger partial charge in [-0.15, -0.1) is 0 Å². The minimum absolute atomic E-state index is 0.0448. The summed E-state index contributed by atoms with van der Waals surface area (Å²) in [5.41, 5.74) is 2.66. The van der Waals surface area contributed by atoms with E-state index < -0.39 is 6.67 Å². The van der Waals surface area contributed by atoms with Gasteiger partial charge in [-0.05, 0) is 23.8 Å². The minimum Gasteiger partial charge on any atom is -0.490 e. The van der Waals surface area contributed by atoms with Crippen LogP contribution in [0.1, 0.15) is 10.4 Å². The van der Waals surface area contributed by atoms with Gasteiger partial charge >= 0.3 is 0 Å². The molecule has 8 nitrogen and oxygen atoms in total. The molecule has 1 amide bonds. The summed E-state index contributed by atoms with van der Waals surface area (Å²) in [5, 5.41) is 10.1. The molecule has 4 rings (SSSR count). The Labute approximate surface area is 160 Å². The van der Waals surface area contributed by atoms with Crippen LogP contribution < -0.4 is 15.4 Å². The lowest BCUT2D eigenvalue weighted by Crippen LogP contribution is -2.26. The molecule has 0 fully saturated rings. The van der Waals surface area contributed by atoms with Crippen molar-refractivity contribution in [2.45, 2.75) is 0 Å². The van der Waals surface area contributed by atoms with E-state index in [-0.39, 0.29) is 12.5 Å². The van der Waals surface area contributed by atoms with Crippen molar-refractivity contribution in [3.63, 3.8) is 0 Å². The summed E-state index contributed by atoms with van der Waals surface area (Å²) in [6, 6.07) is 7.09. The number of aromatic nitrogens is 3. The van der Waals surface area contributed by atoms with Gasteiger partial charge < -0.3 is 20.1 Å². The number of anilines is 1. The zero-order valence-electron chi connectivity index (χ0n) is 15.2. The first-order chi connectivity index (χ1) is 13.8. The van der Waals surface area contributed by atoms with Crippen LogP contribution in [0.2, 0.25) is 0 Å². The third-order valence-corrected chi connectivity index (χ3v) is 4.32. The van der Waals surface area contributed by atoms with Gasteiger partial charge in [0, 0.05) is 24.8 Å². The summed E-state index contributed by atoms with van der Waals surface area (Å²) in [5.74, 6) is 0.752. The van der Waals surface area contributed by atoms with Gasteiger partial charge in [-0.2, -0.15) is 5.10 Å². The van der Waals surface area contributed by atoms with E-state index in [1.54, 1.807) is 28.9 Å². The Balaban J connectivity index is 1.77. The highest BCUT2D eigenvalue weighted by molar-refractivity contribution is 5.98. The quantitative estimate of drug-likeness (QED) is 0.716. The number of carbonyl (C=O) groups excluding carboxylic acids is 1. The second-order valence-electron chi connectivity index (χ2n) is 6.18. The summed E-state index contributed by atoms with van der Waals surface area (Å²) in [6.45, 7) is 1.10. The number of halogens is 1. The zero-order chi connectivity index (χ0) is 19.3. The average Bonchev–Trinajstić information content (AvgIpc) is 3.14. The van der Waals surface area contributed by atoms with Crippen molar-refractivity contribution in [1.29, 1.82) is 0 Å². The molecule has 1 aromatic carbocycles. The zero-order valence-corrected chi connectivity index (χ0v) is 15.2. The Kier molecular flexibility index (Phi) is 5.34. The lowest BCUT2D eigenvalue weighted by molar-refractivity contribution is 0.0932. The fourth-order valence-corrected chi connectivity index (χ4v) is 2.99. The van der Waals surface area contributed by atoms with E-state index in [2.05, 4.69) is 20.7 Å². The molecule has 0 unspecified atom stereocenters. The van der Waals surface area contributed by atoms with Gasteiger partial charge in [-0.1, -0.05) is 6.07 Å². The maximum atomic E-state index is 12.4. The van der Waals surface area contributed by atoms with E-state index in [9.17, 15) is 9.18 Å². The molecule has 3 heterocycles.